The van der Waals surface area contributed by atoms with Gasteiger partial charge in [0.15, 0.2) is 11.5 Å². The molecule has 1 fully saturated rings. The summed E-state index contributed by atoms with van der Waals surface area (Å²) in [4.78, 5) is 0. The Labute approximate surface area is 119 Å². The van der Waals surface area contributed by atoms with E-state index in [2.05, 4.69) is 12.2 Å². The number of ether oxygens (including phenoxy) is 3. The van der Waals surface area contributed by atoms with Gasteiger partial charge in [0.05, 0.1) is 25.3 Å². The standard InChI is InChI=1S/C14H20ClNO3/c1-9-11(6-7-19-9)16-8-10-4-5-12(17-2)14(18-3)13(10)15/h4-5,9,11,16H,6-8H2,1-3H3. The van der Waals surface area contributed by atoms with E-state index in [0.717, 1.165) is 18.6 Å². The van der Waals surface area contributed by atoms with Crippen LogP contribution in [0.4, 0.5) is 0 Å². The smallest absolute Gasteiger partial charge is 0.179 e. The van der Waals surface area contributed by atoms with Crippen LogP contribution < -0.4 is 14.8 Å². The molecule has 1 aliphatic rings. The minimum Gasteiger partial charge on any atom is -0.493 e. The van der Waals surface area contributed by atoms with Crippen LogP contribution in [0.25, 0.3) is 0 Å². The molecule has 2 unspecified atom stereocenters. The zero-order valence-electron chi connectivity index (χ0n) is 11.5. The molecule has 1 N–H and O–H groups in total. The Kier molecular flexibility index (Phi) is 4.91. The Morgan fingerprint density at radius 3 is 2.74 bits per heavy atom. The van der Waals surface area contributed by atoms with Gasteiger partial charge in [0.2, 0.25) is 0 Å². The highest BCUT2D eigenvalue weighted by Gasteiger charge is 2.24. The van der Waals surface area contributed by atoms with Crippen molar-refractivity contribution >= 4 is 11.6 Å². The summed E-state index contributed by atoms with van der Waals surface area (Å²) >= 11 is 6.34. The SMILES string of the molecule is COc1ccc(CNC2CCOC2C)c(Cl)c1OC. The third-order valence-corrected chi connectivity index (χ3v) is 3.91. The first kappa shape index (κ1) is 14.4. The number of halogens is 1. The van der Waals surface area contributed by atoms with Crippen molar-refractivity contribution in [2.45, 2.75) is 32.0 Å². The molecular formula is C14H20ClNO3. The second kappa shape index (κ2) is 6.46. The van der Waals surface area contributed by atoms with Gasteiger partial charge in [-0.3, -0.25) is 0 Å². The van der Waals surface area contributed by atoms with Crippen molar-refractivity contribution in [2.75, 3.05) is 20.8 Å². The molecule has 19 heavy (non-hydrogen) atoms. The normalized spacial score (nSPS) is 22.5. The molecular weight excluding hydrogens is 266 g/mol. The molecule has 1 aromatic rings. The second-order valence-electron chi connectivity index (χ2n) is 4.63. The van der Waals surface area contributed by atoms with Crippen LogP contribution in [0.15, 0.2) is 12.1 Å². The van der Waals surface area contributed by atoms with Crippen LogP contribution in [0.1, 0.15) is 18.9 Å². The fourth-order valence-electron chi connectivity index (χ4n) is 2.31. The van der Waals surface area contributed by atoms with E-state index in [1.807, 2.05) is 12.1 Å². The molecule has 0 aromatic heterocycles. The van der Waals surface area contributed by atoms with Crippen molar-refractivity contribution in [2.24, 2.45) is 0 Å². The van der Waals surface area contributed by atoms with Gasteiger partial charge in [-0.25, -0.2) is 0 Å². The average Bonchev–Trinajstić information content (AvgIpc) is 2.82. The number of hydrogen-bond acceptors (Lipinski definition) is 4. The van der Waals surface area contributed by atoms with Crippen molar-refractivity contribution in [3.8, 4) is 11.5 Å². The lowest BCUT2D eigenvalue weighted by atomic mass is 10.1. The van der Waals surface area contributed by atoms with Gasteiger partial charge in [0, 0.05) is 19.2 Å². The summed E-state index contributed by atoms with van der Waals surface area (Å²) in [7, 11) is 3.19. The summed E-state index contributed by atoms with van der Waals surface area (Å²) in [6.45, 7) is 3.59. The zero-order chi connectivity index (χ0) is 13.8. The molecule has 0 saturated carbocycles. The molecule has 106 valence electrons. The van der Waals surface area contributed by atoms with Crippen LogP contribution in [-0.2, 0) is 11.3 Å². The summed E-state index contributed by atoms with van der Waals surface area (Å²) in [5, 5.41) is 4.07. The average molecular weight is 286 g/mol. The Morgan fingerprint density at radius 2 is 2.16 bits per heavy atom. The van der Waals surface area contributed by atoms with Crippen LogP contribution in [0.3, 0.4) is 0 Å². The third-order valence-electron chi connectivity index (χ3n) is 3.50. The number of rotatable bonds is 5. The highest BCUT2D eigenvalue weighted by atomic mass is 35.5. The van der Waals surface area contributed by atoms with Gasteiger partial charge < -0.3 is 19.5 Å². The molecule has 1 aromatic carbocycles. The molecule has 2 atom stereocenters. The van der Waals surface area contributed by atoms with Gasteiger partial charge in [-0.1, -0.05) is 17.7 Å². The zero-order valence-corrected chi connectivity index (χ0v) is 12.3. The van der Waals surface area contributed by atoms with Crippen molar-refractivity contribution in [1.82, 2.24) is 5.32 Å². The van der Waals surface area contributed by atoms with Crippen LogP contribution >= 0.6 is 11.6 Å². The van der Waals surface area contributed by atoms with Crippen LogP contribution in [0, 0.1) is 0 Å². The fourth-order valence-corrected chi connectivity index (χ4v) is 2.61. The van der Waals surface area contributed by atoms with E-state index >= 15 is 0 Å². The fraction of sp³-hybridized carbons (Fsp3) is 0.571. The third kappa shape index (κ3) is 3.14. The largest absolute Gasteiger partial charge is 0.493 e. The maximum absolute atomic E-state index is 6.34. The Hall–Kier alpha value is -0.970. The molecule has 0 bridgehead atoms. The number of nitrogens with one attached hydrogen (secondary N) is 1. The molecule has 1 heterocycles. The highest BCUT2D eigenvalue weighted by molar-refractivity contribution is 6.33. The molecule has 5 heteroatoms. The van der Waals surface area contributed by atoms with Gasteiger partial charge in [-0.2, -0.15) is 0 Å². The summed E-state index contributed by atoms with van der Waals surface area (Å²) in [6, 6.07) is 4.21. The van der Waals surface area contributed by atoms with E-state index in [1.54, 1.807) is 14.2 Å². The first-order valence-electron chi connectivity index (χ1n) is 6.41. The monoisotopic (exact) mass is 285 g/mol. The Morgan fingerprint density at radius 1 is 1.37 bits per heavy atom. The topological polar surface area (TPSA) is 39.7 Å². The number of benzene rings is 1. The van der Waals surface area contributed by atoms with Crippen LogP contribution in [0.5, 0.6) is 11.5 Å². The summed E-state index contributed by atoms with van der Waals surface area (Å²) in [6.07, 6.45) is 1.28. The lowest BCUT2D eigenvalue weighted by Gasteiger charge is -2.18. The van der Waals surface area contributed by atoms with Gasteiger partial charge >= 0.3 is 0 Å². The van der Waals surface area contributed by atoms with E-state index in [1.165, 1.54) is 0 Å². The lowest BCUT2D eigenvalue weighted by Crippen LogP contribution is -2.34. The van der Waals surface area contributed by atoms with Gasteiger partial charge in [0.1, 0.15) is 0 Å². The van der Waals surface area contributed by atoms with Crippen LogP contribution in [-0.4, -0.2) is 33.0 Å². The van der Waals surface area contributed by atoms with Crippen LogP contribution in [0.2, 0.25) is 5.02 Å². The Bertz CT molecular complexity index is 439. The quantitative estimate of drug-likeness (QED) is 0.903. The lowest BCUT2D eigenvalue weighted by molar-refractivity contribution is 0.113. The predicted molar refractivity (Wildman–Crippen MR) is 75.2 cm³/mol. The maximum Gasteiger partial charge on any atom is 0.179 e. The highest BCUT2D eigenvalue weighted by Crippen LogP contribution is 2.37. The van der Waals surface area contributed by atoms with E-state index in [9.17, 15) is 0 Å². The van der Waals surface area contributed by atoms with Crippen molar-refractivity contribution in [3.05, 3.63) is 22.7 Å². The molecule has 0 spiro atoms. The number of methoxy groups -OCH3 is 2. The second-order valence-corrected chi connectivity index (χ2v) is 5.00. The van der Waals surface area contributed by atoms with E-state index in [-0.39, 0.29) is 6.10 Å². The van der Waals surface area contributed by atoms with Crippen molar-refractivity contribution in [1.29, 1.82) is 0 Å². The van der Waals surface area contributed by atoms with Gasteiger partial charge in [-0.05, 0) is 25.0 Å². The molecule has 0 radical (unpaired) electrons. The number of hydrogen-bond donors (Lipinski definition) is 1. The molecule has 4 nitrogen and oxygen atoms in total. The minimum atomic E-state index is 0.249. The molecule has 1 saturated heterocycles. The van der Waals surface area contributed by atoms with E-state index in [4.69, 9.17) is 25.8 Å². The maximum atomic E-state index is 6.34. The van der Waals surface area contributed by atoms with Crippen molar-refractivity contribution in [3.63, 3.8) is 0 Å². The summed E-state index contributed by atoms with van der Waals surface area (Å²) < 4.78 is 16.0. The van der Waals surface area contributed by atoms with E-state index in [0.29, 0.717) is 29.1 Å². The van der Waals surface area contributed by atoms with Gasteiger partial charge in [0.25, 0.3) is 0 Å². The Balaban J connectivity index is 2.08. The molecule has 0 amide bonds. The molecule has 2 rings (SSSR count). The molecule has 0 aliphatic carbocycles. The predicted octanol–water partition coefficient (Wildman–Crippen LogP) is 2.62. The first-order valence-corrected chi connectivity index (χ1v) is 6.79. The summed E-state index contributed by atoms with van der Waals surface area (Å²) in [5.74, 6) is 1.23. The minimum absolute atomic E-state index is 0.249. The molecule has 1 aliphatic heterocycles. The van der Waals surface area contributed by atoms with Gasteiger partial charge in [-0.15, -0.1) is 0 Å². The van der Waals surface area contributed by atoms with E-state index < -0.39 is 0 Å². The summed E-state index contributed by atoms with van der Waals surface area (Å²) in [5.41, 5.74) is 0.999. The first-order chi connectivity index (χ1) is 9.17. The van der Waals surface area contributed by atoms with Crippen molar-refractivity contribution < 1.29 is 14.2 Å².